The molecule has 1 unspecified atom stereocenters. The van der Waals surface area contributed by atoms with Gasteiger partial charge in [0.1, 0.15) is 11.6 Å². The number of nitrogens with zero attached hydrogens (tertiary/aromatic N) is 4. The van der Waals surface area contributed by atoms with Crippen LogP contribution in [0.15, 0.2) is 40.4 Å². The van der Waals surface area contributed by atoms with Crippen molar-refractivity contribution < 1.29 is 9.53 Å². The molecular weight excluding hydrogens is 376 g/mol. The van der Waals surface area contributed by atoms with Gasteiger partial charge in [0.2, 0.25) is 0 Å². The zero-order valence-corrected chi connectivity index (χ0v) is 18.4. The Bertz CT molecular complexity index is 739. The SMILES string of the molecule is CC1C=NC(N2CCCN(CCCCN3CC4=C(C=CCC4)OCC3=O)CC2)=CC1. The Hall–Kier alpha value is -2.08. The van der Waals surface area contributed by atoms with Gasteiger partial charge in [-0.1, -0.05) is 13.0 Å². The molecule has 0 radical (unpaired) electrons. The first-order chi connectivity index (χ1) is 14.7. The van der Waals surface area contributed by atoms with Crippen molar-refractivity contribution in [2.24, 2.45) is 10.9 Å². The maximum absolute atomic E-state index is 12.4. The molecule has 0 N–H and O–H groups in total. The van der Waals surface area contributed by atoms with Gasteiger partial charge in [0.05, 0.1) is 0 Å². The Morgan fingerprint density at radius 3 is 2.93 bits per heavy atom. The fourth-order valence-electron chi connectivity index (χ4n) is 4.63. The van der Waals surface area contributed by atoms with Gasteiger partial charge in [0.25, 0.3) is 5.91 Å². The molecule has 6 heteroatoms. The highest BCUT2D eigenvalue weighted by molar-refractivity contribution is 5.78. The van der Waals surface area contributed by atoms with Crippen molar-refractivity contribution in [2.45, 2.75) is 45.4 Å². The number of amides is 1. The number of hydrogen-bond donors (Lipinski definition) is 0. The molecular formula is C24H36N4O2. The maximum atomic E-state index is 12.4. The Labute approximate surface area is 180 Å². The highest BCUT2D eigenvalue weighted by Gasteiger charge is 2.23. The first-order valence-corrected chi connectivity index (χ1v) is 11.7. The molecule has 1 atom stereocenters. The molecule has 6 nitrogen and oxygen atoms in total. The van der Waals surface area contributed by atoms with Crippen LogP contribution < -0.4 is 0 Å². The number of hydrogen-bond acceptors (Lipinski definition) is 5. The quantitative estimate of drug-likeness (QED) is 0.629. The van der Waals surface area contributed by atoms with E-state index in [-0.39, 0.29) is 12.5 Å². The zero-order chi connectivity index (χ0) is 20.8. The lowest BCUT2D eigenvalue weighted by atomic mass is 10.0. The Balaban J connectivity index is 1.18. The second-order valence-electron chi connectivity index (χ2n) is 8.96. The highest BCUT2D eigenvalue weighted by Crippen LogP contribution is 2.24. The third kappa shape index (κ3) is 5.54. The monoisotopic (exact) mass is 412 g/mol. The van der Waals surface area contributed by atoms with Crippen LogP contribution in [-0.2, 0) is 9.53 Å². The van der Waals surface area contributed by atoms with E-state index in [0.29, 0.717) is 5.92 Å². The van der Waals surface area contributed by atoms with Crippen LogP contribution in [0.3, 0.4) is 0 Å². The fourth-order valence-corrected chi connectivity index (χ4v) is 4.63. The predicted molar refractivity (Wildman–Crippen MR) is 120 cm³/mol. The normalized spacial score (nSPS) is 25.6. The van der Waals surface area contributed by atoms with Gasteiger partial charge in [0.15, 0.2) is 6.61 Å². The summed E-state index contributed by atoms with van der Waals surface area (Å²) in [7, 11) is 0. The summed E-state index contributed by atoms with van der Waals surface area (Å²) in [6.07, 6.45) is 15.1. The largest absolute Gasteiger partial charge is 0.484 e. The first kappa shape index (κ1) is 21.2. The summed E-state index contributed by atoms with van der Waals surface area (Å²) in [5.74, 6) is 2.79. The Morgan fingerprint density at radius 1 is 1.17 bits per heavy atom. The summed E-state index contributed by atoms with van der Waals surface area (Å²) in [6.45, 7) is 9.50. The predicted octanol–water partition coefficient (Wildman–Crippen LogP) is 3.19. The van der Waals surface area contributed by atoms with E-state index in [4.69, 9.17) is 4.74 Å². The summed E-state index contributed by atoms with van der Waals surface area (Å²) < 4.78 is 5.70. The molecule has 0 saturated carbocycles. The van der Waals surface area contributed by atoms with Crippen LogP contribution in [-0.4, -0.2) is 79.2 Å². The van der Waals surface area contributed by atoms with Gasteiger partial charge >= 0.3 is 0 Å². The van der Waals surface area contributed by atoms with E-state index in [0.717, 1.165) is 83.7 Å². The van der Waals surface area contributed by atoms with Gasteiger partial charge in [-0.15, -0.1) is 0 Å². The molecule has 1 fully saturated rings. The van der Waals surface area contributed by atoms with Gasteiger partial charge in [-0.05, 0) is 75.3 Å². The fraction of sp³-hybridized carbons (Fsp3) is 0.667. The molecule has 0 aromatic rings. The van der Waals surface area contributed by atoms with Crippen molar-refractivity contribution in [3.8, 4) is 0 Å². The van der Waals surface area contributed by atoms with Crippen molar-refractivity contribution in [1.29, 1.82) is 0 Å². The van der Waals surface area contributed by atoms with E-state index in [1.165, 1.54) is 17.8 Å². The molecule has 0 aromatic carbocycles. The molecule has 30 heavy (non-hydrogen) atoms. The third-order valence-corrected chi connectivity index (χ3v) is 6.51. The Kier molecular flexibility index (Phi) is 7.26. The van der Waals surface area contributed by atoms with Crippen LogP contribution in [0.2, 0.25) is 0 Å². The number of carbonyl (C=O) groups excluding carboxylic acids is 1. The minimum absolute atomic E-state index is 0.124. The van der Waals surface area contributed by atoms with Gasteiger partial charge in [-0.25, -0.2) is 4.99 Å². The zero-order valence-electron chi connectivity index (χ0n) is 18.4. The molecule has 0 aromatic heterocycles. The van der Waals surface area contributed by atoms with Crippen LogP contribution in [0.4, 0.5) is 0 Å². The number of unbranched alkanes of at least 4 members (excludes halogenated alkanes) is 1. The third-order valence-electron chi connectivity index (χ3n) is 6.51. The van der Waals surface area contributed by atoms with Crippen LogP contribution in [0.1, 0.15) is 45.4 Å². The van der Waals surface area contributed by atoms with Crippen molar-refractivity contribution in [3.63, 3.8) is 0 Å². The molecule has 3 aliphatic heterocycles. The van der Waals surface area contributed by atoms with E-state index >= 15 is 0 Å². The van der Waals surface area contributed by atoms with Crippen LogP contribution >= 0.6 is 0 Å². The summed E-state index contributed by atoms with van der Waals surface area (Å²) in [4.78, 5) is 24.1. The minimum Gasteiger partial charge on any atom is -0.484 e. The summed E-state index contributed by atoms with van der Waals surface area (Å²) in [5.41, 5.74) is 1.28. The van der Waals surface area contributed by atoms with Gasteiger partial charge in [-0.3, -0.25) is 4.79 Å². The van der Waals surface area contributed by atoms with Crippen LogP contribution in [0, 0.1) is 5.92 Å². The van der Waals surface area contributed by atoms with Gasteiger partial charge in [0, 0.05) is 38.9 Å². The smallest absolute Gasteiger partial charge is 0.260 e. The van der Waals surface area contributed by atoms with Gasteiger partial charge < -0.3 is 19.4 Å². The molecule has 164 valence electrons. The molecule has 0 bridgehead atoms. The highest BCUT2D eigenvalue weighted by atomic mass is 16.5. The van der Waals surface area contributed by atoms with Crippen molar-refractivity contribution in [3.05, 3.63) is 35.4 Å². The average molecular weight is 413 g/mol. The van der Waals surface area contributed by atoms with E-state index in [2.05, 4.69) is 40.1 Å². The lowest BCUT2D eigenvalue weighted by Crippen LogP contribution is -2.35. The topological polar surface area (TPSA) is 48.4 Å². The summed E-state index contributed by atoms with van der Waals surface area (Å²) in [5, 5.41) is 0. The van der Waals surface area contributed by atoms with Gasteiger partial charge in [-0.2, -0.15) is 0 Å². The van der Waals surface area contributed by atoms with Crippen molar-refractivity contribution >= 4 is 12.1 Å². The summed E-state index contributed by atoms with van der Waals surface area (Å²) >= 11 is 0. The Morgan fingerprint density at radius 2 is 2.07 bits per heavy atom. The molecule has 3 heterocycles. The average Bonchev–Trinajstić information content (AvgIpc) is 3.09. The molecule has 1 amide bonds. The second kappa shape index (κ2) is 10.3. The molecule has 0 spiro atoms. The first-order valence-electron chi connectivity index (χ1n) is 11.7. The van der Waals surface area contributed by atoms with Crippen molar-refractivity contribution in [1.82, 2.24) is 14.7 Å². The number of aliphatic imine (C=N–C) groups is 1. The molecule has 4 rings (SSSR count). The lowest BCUT2D eigenvalue weighted by molar-refractivity contribution is -0.133. The lowest BCUT2D eigenvalue weighted by Gasteiger charge is -2.26. The minimum atomic E-state index is 0.124. The molecule has 4 aliphatic rings. The summed E-state index contributed by atoms with van der Waals surface area (Å²) in [6, 6.07) is 0. The number of rotatable bonds is 6. The van der Waals surface area contributed by atoms with Crippen molar-refractivity contribution in [2.75, 3.05) is 52.4 Å². The number of ether oxygens (including phenoxy) is 1. The van der Waals surface area contributed by atoms with E-state index in [9.17, 15) is 4.79 Å². The molecule has 1 aliphatic carbocycles. The standard InChI is InChI=1S/C24H36N4O2/c1-20-9-10-23(25-17-20)27-14-6-12-26(15-16-27)11-4-5-13-28-18-21-7-2-3-8-22(21)30-19-24(28)29/h3,8,10,17,20H,2,4-7,9,11-16,18-19H2,1H3. The van der Waals surface area contributed by atoms with E-state index < -0.39 is 0 Å². The maximum Gasteiger partial charge on any atom is 0.260 e. The van der Waals surface area contributed by atoms with Crippen LogP contribution in [0.5, 0.6) is 0 Å². The number of allylic oxidation sites excluding steroid dienone is 3. The van der Waals surface area contributed by atoms with E-state index in [1.807, 2.05) is 11.0 Å². The van der Waals surface area contributed by atoms with E-state index in [1.54, 1.807) is 0 Å². The molecule has 1 saturated heterocycles. The number of carbonyl (C=O) groups is 1. The van der Waals surface area contributed by atoms with Crippen LogP contribution in [0.25, 0.3) is 0 Å². The second-order valence-corrected chi connectivity index (χ2v) is 8.96.